The molecule has 4 rings (SSSR count). The van der Waals surface area contributed by atoms with Crippen LogP contribution in [0, 0.1) is 5.92 Å². The number of anilines is 1. The maximum atomic E-state index is 12.6. The number of aliphatic hydroxyl groups is 1. The topological polar surface area (TPSA) is 52.6 Å². The van der Waals surface area contributed by atoms with Crippen molar-refractivity contribution in [1.29, 1.82) is 0 Å². The number of carbonyl (C=O) groups is 1. The molecule has 0 radical (unpaired) electrons. The number of rotatable bonds is 5. The summed E-state index contributed by atoms with van der Waals surface area (Å²) in [6, 6.07) is 12.4. The molecule has 2 aromatic rings. The third-order valence-corrected chi connectivity index (χ3v) is 6.06. The summed E-state index contributed by atoms with van der Waals surface area (Å²) in [6.45, 7) is 1.30. The first kappa shape index (κ1) is 15.7. The van der Waals surface area contributed by atoms with Crippen LogP contribution in [0.25, 0.3) is 0 Å². The Kier molecular flexibility index (Phi) is 4.29. The van der Waals surface area contributed by atoms with Gasteiger partial charge in [0.1, 0.15) is 0 Å². The van der Waals surface area contributed by atoms with E-state index in [0.29, 0.717) is 12.5 Å². The van der Waals surface area contributed by atoms with Crippen molar-refractivity contribution in [2.45, 2.75) is 31.4 Å². The number of para-hydroxylation sites is 1. The molecule has 1 aromatic heterocycles. The second-order valence-electron chi connectivity index (χ2n) is 6.75. The van der Waals surface area contributed by atoms with Crippen LogP contribution in [0.15, 0.2) is 41.8 Å². The number of hydrogen-bond acceptors (Lipinski definition) is 4. The summed E-state index contributed by atoms with van der Waals surface area (Å²) >= 11 is 1.67. The molecular weight excluding hydrogens is 320 g/mol. The van der Waals surface area contributed by atoms with Crippen LogP contribution in [0.3, 0.4) is 0 Å². The fourth-order valence-electron chi connectivity index (χ4n) is 3.75. The van der Waals surface area contributed by atoms with Crippen LogP contribution in [0.1, 0.15) is 29.3 Å². The van der Waals surface area contributed by atoms with E-state index < -0.39 is 0 Å². The number of benzene rings is 1. The second-order valence-corrected chi connectivity index (χ2v) is 7.73. The standard InChI is InChI=1S/C19H22N2O2S/c22-15-10-14(11-15)19(17-6-3-9-24-17)20-18(23)12-21-8-7-13-4-1-2-5-16(13)21/h1-6,9,14-15,19,22H,7-8,10-12H2,(H,20,23)/t14?,15?,19-/m1/s1. The van der Waals surface area contributed by atoms with E-state index in [1.165, 1.54) is 16.1 Å². The summed E-state index contributed by atoms with van der Waals surface area (Å²) in [4.78, 5) is 16.0. The van der Waals surface area contributed by atoms with E-state index in [1.807, 2.05) is 17.5 Å². The quantitative estimate of drug-likeness (QED) is 0.878. The molecule has 1 atom stereocenters. The van der Waals surface area contributed by atoms with Crippen LogP contribution in [0.4, 0.5) is 5.69 Å². The molecule has 126 valence electrons. The maximum Gasteiger partial charge on any atom is 0.240 e. The van der Waals surface area contributed by atoms with Gasteiger partial charge in [-0.15, -0.1) is 11.3 Å². The van der Waals surface area contributed by atoms with Gasteiger partial charge in [-0.1, -0.05) is 24.3 Å². The van der Waals surface area contributed by atoms with Crippen molar-refractivity contribution in [3.8, 4) is 0 Å². The highest BCUT2D eigenvalue weighted by molar-refractivity contribution is 7.10. The van der Waals surface area contributed by atoms with Crippen molar-refractivity contribution in [2.24, 2.45) is 5.92 Å². The first-order chi connectivity index (χ1) is 11.7. The summed E-state index contributed by atoms with van der Waals surface area (Å²) in [5.41, 5.74) is 2.50. The molecule has 0 unspecified atom stereocenters. The van der Waals surface area contributed by atoms with Crippen LogP contribution < -0.4 is 10.2 Å². The van der Waals surface area contributed by atoms with Crippen LogP contribution in [0.5, 0.6) is 0 Å². The van der Waals surface area contributed by atoms with E-state index in [-0.39, 0.29) is 18.1 Å². The lowest BCUT2D eigenvalue weighted by atomic mass is 9.77. The lowest BCUT2D eigenvalue weighted by molar-refractivity contribution is -0.121. The van der Waals surface area contributed by atoms with Crippen molar-refractivity contribution in [1.82, 2.24) is 5.32 Å². The van der Waals surface area contributed by atoms with E-state index in [4.69, 9.17) is 0 Å². The Balaban J connectivity index is 1.43. The molecule has 1 saturated carbocycles. The minimum Gasteiger partial charge on any atom is -0.393 e. The zero-order valence-electron chi connectivity index (χ0n) is 13.5. The van der Waals surface area contributed by atoms with Crippen molar-refractivity contribution >= 4 is 22.9 Å². The lowest BCUT2D eigenvalue weighted by Crippen LogP contribution is -2.44. The van der Waals surface area contributed by atoms with Gasteiger partial charge < -0.3 is 15.3 Å². The molecule has 5 heteroatoms. The fraction of sp³-hybridized carbons (Fsp3) is 0.421. The average Bonchev–Trinajstić information content (AvgIpc) is 3.20. The first-order valence-corrected chi connectivity index (χ1v) is 9.42. The number of thiophene rings is 1. The number of aliphatic hydroxyl groups excluding tert-OH is 1. The number of nitrogens with one attached hydrogen (secondary N) is 1. The van der Waals surface area contributed by atoms with E-state index in [2.05, 4.69) is 34.5 Å². The zero-order chi connectivity index (χ0) is 16.5. The normalized spacial score (nSPS) is 23.5. The van der Waals surface area contributed by atoms with Gasteiger partial charge in [0.15, 0.2) is 0 Å². The van der Waals surface area contributed by atoms with Gasteiger partial charge in [0, 0.05) is 17.1 Å². The molecule has 1 aromatic carbocycles. The fourth-order valence-corrected chi connectivity index (χ4v) is 4.62. The summed E-state index contributed by atoms with van der Waals surface area (Å²) in [5.74, 6) is 0.403. The number of fused-ring (bicyclic) bond motifs is 1. The van der Waals surface area contributed by atoms with E-state index in [1.54, 1.807) is 11.3 Å². The molecule has 0 saturated heterocycles. The van der Waals surface area contributed by atoms with Crippen molar-refractivity contribution in [2.75, 3.05) is 18.0 Å². The third-order valence-electron chi connectivity index (χ3n) is 5.11. The Morgan fingerprint density at radius 2 is 2.12 bits per heavy atom. The molecule has 1 aliphatic heterocycles. The molecule has 2 heterocycles. The molecule has 0 bridgehead atoms. The largest absolute Gasteiger partial charge is 0.393 e. The molecule has 1 amide bonds. The third kappa shape index (κ3) is 3.06. The van der Waals surface area contributed by atoms with Gasteiger partial charge in [-0.25, -0.2) is 0 Å². The molecule has 1 aliphatic carbocycles. The van der Waals surface area contributed by atoms with Gasteiger partial charge in [0.25, 0.3) is 0 Å². The molecule has 1 fully saturated rings. The summed E-state index contributed by atoms with van der Waals surface area (Å²) in [7, 11) is 0. The zero-order valence-corrected chi connectivity index (χ0v) is 14.3. The maximum absolute atomic E-state index is 12.6. The van der Waals surface area contributed by atoms with Crippen molar-refractivity contribution in [3.05, 3.63) is 52.2 Å². The molecule has 2 N–H and O–H groups in total. The molecule has 0 spiro atoms. The predicted molar refractivity (Wildman–Crippen MR) is 96.3 cm³/mol. The lowest BCUT2D eigenvalue weighted by Gasteiger charge is -2.38. The number of amides is 1. The average molecular weight is 342 g/mol. The Hall–Kier alpha value is -1.85. The molecular formula is C19H22N2O2S. The van der Waals surface area contributed by atoms with Gasteiger partial charge in [0.2, 0.25) is 5.91 Å². The van der Waals surface area contributed by atoms with E-state index >= 15 is 0 Å². The van der Waals surface area contributed by atoms with Crippen LogP contribution >= 0.6 is 11.3 Å². The summed E-state index contributed by atoms with van der Waals surface area (Å²) in [6.07, 6.45) is 2.34. The highest BCUT2D eigenvalue weighted by atomic mass is 32.1. The predicted octanol–water partition coefficient (Wildman–Crippen LogP) is 2.74. The van der Waals surface area contributed by atoms with E-state index in [0.717, 1.165) is 25.8 Å². The Morgan fingerprint density at radius 3 is 2.88 bits per heavy atom. The monoisotopic (exact) mass is 342 g/mol. The Labute approximate surface area is 146 Å². The van der Waals surface area contributed by atoms with Gasteiger partial charge in [-0.05, 0) is 48.3 Å². The number of hydrogen-bond donors (Lipinski definition) is 2. The molecule has 2 aliphatic rings. The Bertz CT molecular complexity index is 710. The highest BCUT2D eigenvalue weighted by Crippen LogP contribution is 2.39. The minimum absolute atomic E-state index is 0.0266. The van der Waals surface area contributed by atoms with Crippen LogP contribution in [-0.4, -0.2) is 30.2 Å². The van der Waals surface area contributed by atoms with Gasteiger partial charge in [-0.2, -0.15) is 0 Å². The van der Waals surface area contributed by atoms with Gasteiger partial charge >= 0.3 is 0 Å². The SMILES string of the molecule is O=C(CN1CCc2ccccc21)N[C@@H](c1cccs1)C1CC(O)C1. The minimum atomic E-state index is -0.208. The molecule has 4 nitrogen and oxygen atoms in total. The van der Waals surface area contributed by atoms with Crippen molar-refractivity contribution < 1.29 is 9.90 Å². The van der Waals surface area contributed by atoms with Gasteiger partial charge in [-0.3, -0.25) is 4.79 Å². The number of carbonyl (C=O) groups excluding carboxylic acids is 1. The summed E-state index contributed by atoms with van der Waals surface area (Å²) < 4.78 is 0. The van der Waals surface area contributed by atoms with Gasteiger partial charge in [0.05, 0.1) is 18.7 Å². The first-order valence-electron chi connectivity index (χ1n) is 8.54. The van der Waals surface area contributed by atoms with Crippen molar-refractivity contribution in [3.63, 3.8) is 0 Å². The smallest absolute Gasteiger partial charge is 0.240 e. The van der Waals surface area contributed by atoms with Crippen LogP contribution in [0.2, 0.25) is 0 Å². The molecule has 24 heavy (non-hydrogen) atoms. The highest BCUT2D eigenvalue weighted by Gasteiger charge is 2.36. The summed E-state index contributed by atoms with van der Waals surface area (Å²) in [5, 5.41) is 14.9. The second kappa shape index (κ2) is 6.57. The number of nitrogens with zero attached hydrogens (tertiary/aromatic N) is 1. The Morgan fingerprint density at radius 1 is 1.29 bits per heavy atom. The van der Waals surface area contributed by atoms with Crippen LogP contribution in [-0.2, 0) is 11.2 Å². The van der Waals surface area contributed by atoms with E-state index in [9.17, 15) is 9.90 Å².